The van der Waals surface area contributed by atoms with Crippen LogP contribution in [0, 0.1) is 18.3 Å². The molecule has 0 radical (unpaired) electrons. The van der Waals surface area contributed by atoms with Crippen molar-refractivity contribution in [3.05, 3.63) is 23.4 Å². The summed E-state index contributed by atoms with van der Waals surface area (Å²) in [7, 11) is 0. The van der Waals surface area contributed by atoms with Gasteiger partial charge >= 0.3 is 6.36 Å². The first kappa shape index (κ1) is 11.3. The number of nitrogens with zero attached hydrogens (tertiary/aromatic N) is 2. The second kappa shape index (κ2) is 4.17. The topological polar surface area (TPSA) is 45.9 Å². The predicted molar refractivity (Wildman–Crippen MR) is 45.0 cm³/mol. The van der Waals surface area contributed by atoms with E-state index in [1.54, 1.807) is 0 Å². The molecular formula is C9H7F3N2O. The molecule has 0 amide bonds. The smallest absolute Gasteiger partial charge is 0.388 e. The van der Waals surface area contributed by atoms with Gasteiger partial charge in [-0.25, -0.2) is 4.98 Å². The van der Waals surface area contributed by atoms with E-state index in [0.29, 0.717) is 5.56 Å². The summed E-state index contributed by atoms with van der Waals surface area (Å²) >= 11 is 0. The van der Waals surface area contributed by atoms with Crippen LogP contribution in [0.1, 0.15) is 11.1 Å². The van der Waals surface area contributed by atoms with Crippen molar-refractivity contribution in [2.75, 3.05) is 0 Å². The summed E-state index contributed by atoms with van der Waals surface area (Å²) in [5.74, 6) is -0.504. The Balaban J connectivity index is 3.00. The molecule has 0 saturated carbocycles. The van der Waals surface area contributed by atoms with E-state index in [-0.39, 0.29) is 12.0 Å². The van der Waals surface area contributed by atoms with Crippen molar-refractivity contribution in [3.63, 3.8) is 0 Å². The fourth-order valence-corrected chi connectivity index (χ4v) is 1.04. The van der Waals surface area contributed by atoms with E-state index in [9.17, 15) is 13.2 Å². The number of rotatable bonds is 2. The van der Waals surface area contributed by atoms with Crippen LogP contribution in [0.25, 0.3) is 0 Å². The lowest BCUT2D eigenvalue weighted by Crippen LogP contribution is -2.19. The van der Waals surface area contributed by atoms with Gasteiger partial charge < -0.3 is 4.74 Å². The minimum atomic E-state index is -4.76. The number of ether oxygens (including phenoxy) is 1. The highest BCUT2D eigenvalue weighted by Gasteiger charge is 2.32. The molecule has 1 aromatic heterocycles. The summed E-state index contributed by atoms with van der Waals surface area (Å²) in [5, 5.41) is 8.43. The Morgan fingerprint density at radius 1 is 1.53 bits per heavy atom. The molecule has 1 heterocycles. The Labute approximate surface area is 84.1 Å². The SMILES string of the molecule is Cc1c(CC#N)ccnc1OC(F)(F)F. The van der Waals surface area contributed by atoms with Crippen molar-refractivity contribution in [2.24, 2.45) is 0 Å². The molecule has 0 aliphatic rings. The third-order valence-electron chi connectivity index (χ3n) is 1.75. The molecule has 0 N–H and O–H groups in total. The number of aromatic nitrogens is 1. The van der Waals surface area contributed by atoms with E-state index >= 15 is 0 Å². The Morgan fingerprint density at radius 2 is 2.20 bits per heavy atom. The number of alkyl halides is 3. The molecule has 3 nitrogen and oxygen atoms in total. The summed E-state index contributed by atoms with van der Waals surface area (Å²) in [5.41, 5.74) is 0.711. The molecule has 80 valence electrons. The molecule has 0 aliphatic carbocycles. The van der Waals surface area contributed by atoms with E-state index in [2.05, 4.69) is 9.72 Å². The van der Waals surface area contributed by atoms with Crippen LogP contribution in [0.15, 0.2) is 12.3 Å². The van der Waals surface area contributed by atoms with Crippen molar-refractivity contribution >= 4 is 0 Å². The molecule has 1 aromatic rings. The summed E-state index contributed by atoms with van der Waals surface area (Å²) in [4.78, 5) is 3.45. The lowest BCUT2D eigenvalue weighted by molar-refractivity contribution is -0.276. The molecule has 15 heavy (non-hydrogen) atoms. The van der Waals surface area contributed by atoms with E-state index in [0.717, 1.165) is 0 Å². The number of pyridine rings is 1. The van der Waals surface area contributed by atoms with Gasteiger partial charge in [0.1, 0.15) is 0 Å². The van der Waals surface area contributed by atoms with Crippen molar-refractivity contribution in [3.8, 4) is 11.9 Å². The molecule has 0 saturated heterocycles. The van der Waals surface area contributed by atoms with Crippen molar-refractivity contribution in [1.29, 1.82) is 5.26 Å². The minimum Gasteiger partial charge on any atom is -0.388 e. The van der Waals surface area contributed by atoms with Crippen LogP contribution in [0.5, 0.6) is 5.88 Å². The summed E-state index contributed by atoms with van der Waals surface area (Å²) in [6, 6.07) is 3.34. The Bertz CT molecular complexity index is 395. The predicted octanol–water partition coefficient (Wildman–Crippen LogP) is 2.35. The molecule has 0 aliphatic heterocycles. The Morgan fingerprint density at radius 3 is 2.73 bits per heavy atom. The highest BCUT2D eigenvalue weighted by molar-refractivity contribution is 5.34. The zero-order valence-corrected chi connectivity index (χ0v) is 7.80. The van der Waals surface area contributed by atoms with Gasteiger partial charge in [0.25, 0.3) is 0 Å². The van der Waals surface area contributed by atoms with Crippen LogP contribution >= 0.6 is 0 Å². The summed E-state index contributed by atoms with van der Waals surface area (Å²) in [6.45, 7) is 1.43. The molecule has 0 aromatic carbocycles. The number of halogens is 3. The second-order valence-electron chi connectivity index (χ2n) is 2.78. The number of hydrogen-bond donors (Lipinski definition) is 0. The van der Waals surface area contributed by atoms with Crippen LogP contribution in [-0.2, 0) is 6.42 Å². The monoisotopic (exact) mass is 216 g/mol. The minimum absolute atomic E-state index is 0.0303. The van der Waals surface area contributed by atoms with E-state index in [1.165, 1.54) is 19.2 Å². The fourth-order valence-electron chi connectivity index (χ4n) is 1.04. The molecule has 6 heteroatoms. The first-order valence-corrected chi connectivity index (χ1v) is 4.01. The molecule has 0 fully saturated rings. The van der Waals surface area contributed by atoms with Gasteiger partial charge in [0.05, 0.1) is 12.5 Å². The standard InChI is InChI=1S/C9H7F3N2O/c1-6-7(2-4-13)3-5-14-8(6)15-9(10,11)12/h3,5H,2H2,1H3. The van der Waals surface area contributed by atoms with Crippen molar-refractivity contribution in [2.45, 2.75) is 19.7 Å². The molecular weight excluding hydrogens is 209 g/mol. The highest BCUT2D eigenvalue weighted by Crippen LogP contribution is 2.25. The first-order chi connectivity index (χ1) is 6.94. The van der Waals surface area contributed by atoms with E-state index in [1.807, 2.05) is 6.07 Å². The third-order valence-corrected chi connectivity index (χ3v) is 1.75. The molecule has 0 atom stereocenters. The maximum atomic E-state index is 11.9. The van der Waals surface area contributed by atoms with E-state index in [4.69, 9.17) is 5.26 Å². The van der Waals surface area contributed by atoms with Crippen LogP contribution in [0.4, 0.5) is 13.2 Å². The average molecular weight is 216 g/mol. The Hall–Kier alpha value is -1.77. The zero-order chi connectivity index (χ0) is 11.5. The third kappa shape index (κ3) is 3.13. The fraction of sp³-hybridized carbons (Fsp3) is 0.333. The largest absolute Gasteiger partial charge is 0.574 e. The van der Waals surface area contributed by atoms with Gasteiger partial charge in [0.2, 0.25) is 5.88 Å². The highest BCUT2D eigenvalue weighted by atomic mass is 19.4. The average Bonchev–Trinajstić information content (AvgIpc) is 2.10. The molecule has 0 unspecified atom stereocenters. The lowest BCUT2D eigenvalue weighted by atomic mass is 10.1. The number of nitriles is 1. The second-order valence-corrected chi connectivity index (χ2v) is 2.78. The maximum absolute atomic E-state index is 11.9. The van der Waals surface area contributed by atoms with Crippen molar-refractivity contribution in [1.82, 2.24) is 4.98 Å². The van der Waals surface area contributed by atoms with Gasteiger partial charge in [-0.2, -0.15) is 5.26 Å². The molecule has 0 spiro atoms. The zero-order valence-electron chi connectivity index (χ0n) is 7.80. The number of hydrogen-bond acceptors (Lipinski definition) is 3. The van der Waals surface area contributed by atoms with Gasteiger partial charge in [-0.1, -0.05) is 0 Å². The van der Waals surface area contributed by atoms with Gasteiger partial charge in [0, 0.05) is 11.8 Å². The van der Waals surface area contributed by atoms with Crippen LogP contribution in [0.2, 0.25) is 0 Å². The van der Waals surface area contributed by atoms with E-state index < -0.39 is 12.2 Å². The summed E-state index contributed by atoms with van der Waals surface area (Å²) in [6.07, 6.45) is -3.55. The Kier molecular flexibility index (Phi) is 3.14. The van der Waals surface area contributed by atoms with Gasteiger partial charge in [-0.15, -0.1) is 13.2 Å². The summed E-state index contributed by atoms with van der Waals surface area (Å²) < 4.78 is 39.4. The molecule has 0 bridgehead atoms. The lowest BCUT2D eigenvalue weighted by Gasteiger charge is -2.11. The molecule has 1 rings (SSSR count). The van der Waals surface area contributed by atoms with Crippen LogP contribution < -0.4 is 4.74 Å². The maximum Gasteiger partial charge on any atom is 0.574 e. The van der Waals surface area contributed by atoms with Gasteiger partial charge in [0.15, 0.2) is 0 Å². The first-order valence-electron chi connectivity index (χ1n) is 4.01. The quantitative estimate of drug-likeness (QED) is 0.762. The van der Waals surface area contributed by atoms with Gasteiger partial charge in [-0.05, 0) is 18.6 Å². The van der Waals surface area contributed by atoms with Crippen LogP contribution in [0.3, 0.4) is 0 Å². The van der Waals surface area contributed by atoms with Crippen LogP contribution in [-0.4, -0.2) is 11.3 Å². The van der Waals surface area contributed by atoms with Crippen molar-refractivity contribution < 1.29 is 17.9 Å². The normalized spacial score (nSPS) is 10.9. The van der Waals surface area contributed by atoms with Gasteiger partial charge in [-0.3, -0.25) is 0 Å².